The van der Waals surface area contributed by atoms with E-state index in [0.717, 1.165) is 25.8 Å². The quantitative estimate of drug-likeness (QED) is 0.746. The first kappa shape index (κ1) is 13.5. The molecule has 1 rings (SSSR count). The van der Waals surface area contributed by atoms with Crippen LogP contribution in [0.1, 0.15) is 39.5 Å². The molecule has 0 radical (unpaired) electrons. The highest BCUT2D eigenvalue weighted by atomic mass is 16.4. The highest BCUT2D eigenvalue weighted by Crippen LogP contribution is 2.21. The molecule has 1 heterocycles. The summed E-state index contributed by atoms with van der Waals surface area (Å²) >= 11 is 0. The molecule has 1 saturated heterocycles. The first-order chi connectivity index (χ1) is 7.56. The number of hydrogen-bond donors (Lipinski definition) is 2. The van der Waals surface area contributed by atoms with E-state index in [2.05, 4.69) is 6.92 Å². The number of aliphatic carboxylic acids is 1. The predicted octanol–water partition coefficient (Wildman–Crippen LogP) is 1.33. The van der Waals surface area contributed by atoms with Gasteiger partial charge in [0.1, 0.15) is 6.04 Å². The fourth-order valence-corrected chi connectivity index (χ4v) is 2.22. The van der Waals surface area contributed by atoms with Gasteiger partial charge in [-0.15, -0.1) is 0 Å². The lowest BCUT2D eigenvalue weighted by atomic mass is 9.94. The molecule has 0 spiro atoms. The molecule has 1 aliphatic heterocycles. The maximum atomic E-state index is 11.2. The minimum atomic E-state index is -0.754. The van der Waals surface area contributed by atoms with Gasteiger partial charge in [-0.3, -0.25) is 9.69 Å². The number of hydrogen-bond acceptors (Lipinski definition) is 3. The number of carboxylic acids is 1. The van der Waals surface area contributed by atoms with Gasteiger partial charge in [-0.25, -0.2) is 0 Å². The molecule has 0 aromatic carbocycles. The molecule has 0 amide bonds. The summed E-state index contributed by atoms with van der Waals surface area (Å²) in [5.41, 5.74) is 0. The van der Waals surface area contributed by atoms with Gasteiger partial charge in [-0.1, -0.05) is 26.7 Å². The average molecular weight is 229 g/mol. The monoisotopic (exact) mass is 229 g/mol. The lowest BCUT2D eigenvalue weighted by Gasteiger charge is -2.37. The summed E-state index contributed by atoms with van der Waals surface area (Å²) in [7, 11) is 0. The third kappa shape index (κ3) is 3.46. The fourth-order valence-electron chi connectivity index (χ4n) is 2.22. The van der Waals surface area contributed by atoms with E-state index in [1.807, 2.05) is 11.8 Å². The number of aliphatic hydroxyl groups is 1. The third-order valence-electron chi connectivity index (χ3n) is 3.51. The van der Waals surface area contributed by atoms with Crippen LogP contribution in [-0.2, 0) is 4.79 Å². The topological polar surface area (TPSA) is 60.8 Å². The third-order valence-corrected chi connectivity index (χ3v) is 3.51. The molecule has 4 nitrogen and oxygen atoms in total. The second-order valence-corrected chi connectivity index (χ2v) is 4.82. The smallest absolute Gasteiger partial charge is 0.320 e. The van der Waals surface area contributed by atoms with Gasteiger partial charge in [0.25, 0.3) is 0 Å². The number of likely N-dealkylation sites (tertiary alicyclic amines) is 1. The SMILES string of the molecule is CCCCC(C(=O)O)N1CCC(C)C(O)C1. The molecule has 0 saturated carbocycles. The summed E-state index contributed by atoms with van der Waals surface area (Å²) in [6.45, 7) is 5.37. The van der Waals surface area contributed by atoms with Gasteiger partial charge in [0, 0.05) is 6.54 Å². The molecule has 0 bridgehead atoms. The largest absolute Gasteiger partial charge is 0.480 e. The maximum Gasteiger partial charge on any atom is 0.320 e. The van der Waals surface area contributed by atoms with Crippen LogP contribution in [0.5, 0.6) is 0 Å². The van der Waals surface area contributed by atoms with Gasteiger partial charge in [0.15, 0.2) is 0 Å². The van der Waals surface area contributed by atoms with E-state index in [1.54, 1.807) is 0 Å². The van der Waals surface area contributed by atoms with Crippen molar-refractivity contribution in [3.05, 3.63) is 0 Å². The predicted molar refractivity (Wildman–Crippen MR) is 62.3 cm³/mol. The van der Waals surface area contributed by atoms with Crippen LogP contribution in [0.25, 0.3) is 0 Å². The molecule has 1 fully saturated rings. The van der Waals surface area contributed by atoms with Gasteiger partial charge in [0.05, 0.1) is 6.10 Å². The number of nitrogens with zero attached hydrogens (tertiary/aromatic N) is 1. The Morgan fingerprint density at radius 1 is 1.56 bits per heavy atom. The van der Waals surface area contributed by atoms with Gasteiger partial charge in [0.2, 0.25) is 0 Å². The van der Waals surface area contributed by atoms with Crippen molar-refractivity contribution in [1.29, 1.82) is 0 Å². The number of aliphatic hydroxyl groups excluding tert-OH is 1. The molecular formula is C12H23NO3. The highest BCUT2D eigenvalue weighted by Gasteiger charge is 2.31. The zero-order chi connectivity index (χ0) is 12.1. The van der Waals surface area contributed by atoms with Crippen LogP contribution in [0.15, 0.2) is 0 Å². The summed E-state index contributed by atoms with van der Waals surface area (Å²) in [5.74, 6) is -0.466. The van der Waals surface area contributed by atoms with Gasteiger partial charge < -0.3 is 10.2 Å². The summed E-state index contributed by atoms with van der Waals surface area (Å²) in [5, 5.41) is 19.0. The Morgan fingerprint density at radius 2 is 2.25 bits per heavy atom. The van der Waals surface area contributed by atoms with Crippen LogP contribution in [-0.4, -0.2) is 46.3 Å². The molecule has 94 valence electrons. The van der Waals surface area contributed by atoms with Crippen LogP contribution in [0.2, 0.25) is 0 Å². The Morgan fingerprint density at radius 3 is 2.75 bits per heavy atom. The standard InChI is InChI=1S/C12H23NO3/c1-3-4-5-10(12(15)16)13-7-6-9(2)11(14)8-13/h9-11,14H,3-8H2,1-2H3,(H,15,16). The maximum absolute atomic E-state index is 11.2. The number of β-amino-alcohol motifs (C(OH)–C–C–N with tert-alkyl or cyclic N) is 1. The molecule has 1 aliphatic rings. The van der Waals surface area contributed by atoms with Crippen molar-refractivity contribution in [1.82, 2.24) is 4.90 Å². The van der Waals surface area contributed by atoms with Gasteiger partial charge in [-0.05, 0) is 25.3 Å². The van der Waals surface area contributed by atoms with E-state index in [0.29, 0.717) is 13.0 Å². The van der Waals surface area contributed by atoms with Crippen molar-refractivity contribution in [3.63, 3.8) is 0 Å². The summed E-state index contributed by atoms with van der Waals surface area (Å²) in [4.78, 5) is 13.1. The van der Waals surface area contributed by atoms with Crippen molar-refractivity contribution in [2.45, 2.75) is 51.7 Å². The number of rotatable bonds is 5. The molecule has 2 N–H and O–H groups in total. The van der Waals surface area contributed by atoms with Crippen LogP contribution in [0.4, 0.5) is 0 Å². The fraction of sp³-hybridized carbons (Fsp3) is 0.917. The van der Waals surface area contributed by atoms with Crippen molar-refractivity contribution in [3.8, 4) is 0 Å². The van der Waals surface area contributed by atoms with E-state index in [9.17, 15) is 15.0 Å². The number of piperidine rings is 1. The van der Waals surface area contributed by atoms with Crippen molar-refractivity contribution in [2.24, 2.45) is 5.92 Å². The Bertz CT molecular complexity index is 232. The number of unbranched alkanes of at least 4 members (excludes halogenated alkanes) is 1. The highest BCUT2D eigenvalue weighted by molar-refractivity contribution is 5.73. The van der Waals surface area contributed by atoms with Crippen molar-refractivity contribution < 1.29 is 15.0 Å². The second-order valence-electron chi connectivity index (χ2n) is 4.82. The van der Waals surface area contributed by atoms with Crippen LogP contribution < -0.4 is 0 Å². The van der Waals surface area contributed by atoms with E-state index >= 15 is 0 Å². The van der Waals surface area contributed by atoms with E-state index in [4.69, 9.17) is 0 Å². The van der Waals surface area contributed by atoms with Crippen molar-refractivity contribution in [2.75, 3.05) is 13.1 Å². The summed E-state index contributed by atoms with van der Waals surface area (Å²) in [6.07, 6.45) is 3.14. The Labute approximate surface area is 97.3 Å². The molecule has 4 heteroatoms. The number of carbonyl (C=O) groups is 1. The van der Waals surface area contributed by atoms with E-state index in [-0.39, 0.29) is 12.0 Å². The van der Waals surface area contributed by atoms with Gasteiger partial charge in [-0.2, -0.15) is 0 Å². The summed E-state index contributed by atoms with van der Waals surface area (Å²) < 4.78 is 0. The minimum Gasteiger partial charge on any atom is -0.480 e. The average Bonchev–Trinajstić information content (AvgIpc) is 2.23. The normalized spacial score (nSPS) is 28.9. The van der Waals surface area contributed by atoms with Crippen LogP contribution >= 0.6 is 0 Å². The van der Waals surface area contributed by atoms with E-state index < -0.39 is 12.0 Å². The Hall–Kier alpha value is -0.610. The molecule has 0 aromatic heterocycles. The lowest BCUT2D eigenvalue weighted by Crippen LogP contribution is -2.50. The zero-order valence-electron chi connectivity index (χ0n) is 10.2. The van der Waals surface area contributed by atoms with Crippen molar-refractivity contribution >= 4 is 5.97 Å². The minimum absolute atomic E-state index is 0.289. The molecular weight excluding hydrogens is 206 g/mol. The van der Waals surface area contributed by atoms with Gasteiger partial charge >= 0.3 is 5.97 Å². The molecule has 0 aliphatic carbocycles. The molecule has 3 atom stereocenters. The molecule has 3 unspecified atom stereocenters. The Kier molecular flexibility index (Phi) is 5.22. The second kappa shape index (κ2) is 6.21. The zero-order valence-corrected chi connectivity index (χ0v) is 10.2. The molecule has 0 aromatic rings. The molecule has 16 heavy (non-hydrogen) atoms. The van der Waals surface area contributed by atoms with E-state index in [1.165, 1.54) is 0 Å². The van der Waals surface area contributed by atoms with Crippen LogP contribution in [0.3, 0.4) is 0 Å². The van der Waals surface area contributed by atoms with Crippen LogP contribution in [0, 0.1) is 5.92 Å². The number of carboxylic acid groups (broad SMARTS) is 1. The summed E-state index contributed by atoms with van der Waals surface area (Å²) in [6, 6.07) is -0.415. The first-order valence-corrected chi connectivity index (χ1v) is 6.21. The Balaban J connectivity index is 2.54. The first-order valence-electron chi connectivity index (χ1n) is 6.21. The lowest BCUT2D eigenvalue weighted by molar-refractivity contribution is -0.145.